The second-order valence-corrected chi connectivity index (χ2v) is 4.41. The Morgan fingerprint density at radius 1 is 1.50 bits per heavy atom. The van der Waals surface area contributed by atoms with E-state index in [9.17, 15) is 23.1 Å². The maximum absolute atomic E-state index is 12.5. The van der Waals surface area contributed by atoms with Crippen molar-refractivity contribution in [2.24, 2.45) is 0 Å². The van der Waals surface area contributed by atoms with Crippen LogP contribution in [0.15, 0.2) is 18.2 Å². The minimum Gasteiger partial charge on any atom is -0.479 e. The Morgan fingerprint density at radius 3 is 2.67 bits per heavy atom. The molecule has 0 aromatic heterocycles. The van der Waals surface area contributed by atoms with Crippen molar-refractivity contribution in [3.05, 3.63) is 29.3 Å². The average molecular weight is 259 g/mol. The molecule has 0 amide bonds. The van der Waals surface area contributed by atoms with E-state index in [1.807, 2.05) is 0 Å². The molecular formula is C12H12F3NO2. The third-order valence-corrected chi connectivity index (χ3v) is 3.32. The molecule has 1 heterocycles. The summed E-state index contributed by atoms with van der Waals surface area (Å²) in [6, 6.07) is 3.29. The second-order valence-electron chi connectivity index (χ2n) is 4.41. The minimum absolute atomic E-state index is 0.201. The molecule has 1 aliphatic heterocycles. The number of carbonyl (C=O) groups is 1. The number of nitrogens with one attached hydrogen (secondary N) is 1. The van der Waals surface area contributed by atoms with Crippen molar-refractivity contribution in [2.45, 2.75) is 31.5 Å². The Morgan fingerprint density at radius 2 is 2.17 bits per heavy atom. The van der Waals surface area contributed by atoms with Crippen LogP contribution in [0, 0.1) is 0 Å². The topological polar surface area (TPSA) is 49.3 Å². The fourth-order valence-corrected chi connectivity index (χ4v) is 2.14. The maximum atomic E-state index is 12.5. The molecule has 2 rings (SSSR count). The van der Waals surface area contributed by atoms with Crippen LogP contribution in [0.2, 0.25) is 0 Å². The highest BCUT2D eigenvalue weighted by atomic mass is 19.4. The molecule has 1 aromatic carbocycles. The molecule has 3 nitrogen and oxygen atoms in total. The van der Waals surface area contributed by atoms with Gasteiger partial charge in [0.25, 0.3) is 0 Å². The van der Waals surface area contributed by atoms with E-state index in [0.717, 1.165) is 12.1 Å². The summed E-state index contributed by atoms with van der Waals surface area (Å²) in [7, 11) is 0. The number of anilines is 1. The van der Waals surface area contributed by atoms with Crippen LogP contribution >= 0.6 is 0 Å². The normalized spacial score (nSPS) is 22.4. The standard InChI is InChI=1S/C12H12F3NO2/c1-2-11(10(17)18)6-7-3-4-8(12(13,14)15)5-9(7)16-11/h3-5,16H,2,6H2,1H3,(H,17,18). The van der Waals surface area contributed by atoms with E-state index in [1.165, 1.54) is 6.07 Å². The van der Waals surface area contributed by atoms with Crippen molar-refractivity contribution in [1.82, 2.24) is 0 Å². The largest absolute Gasteiger partial charge is 0.479 e. The first kappa shape index (κ1) is 12.7. The van der Waals surface area contributed by atoms with Crippen molar-refractivity contribution in [3.8, 4) is 0 Å². The van der Waals surface area contributed by atoms with Crippen LogP contribution in [0.5, 0.6) is 0 Å². The lowest BCUT2D eigenvalue weighted by Crippen LogP contribution is -2.44. The number of carboxylic acids is 1. The predicted octanol–water partition coefficient (Wildman–Crippen LogP) is 2.91. The van der Waals surface area contributed by atoms with E-state index in [4.69, 9.17) is 0 Å². The van der Waals surface area contributed by atoms with E-state index in [-0.39, 0.29) is 12.1 Å². The highest BCUT2D eigenvalue weighted by Gasteiger charge is 2.43. The van der Waals surface area contributed by atoms with Gasteiger partial charge in [0.1, 0.15) is 5.54 Å². The van der Waals surface area contributed by atoms with Gasteiger partial charge in [0, 0.05) is 12.1 Å². The number of aliphatic carboxylic acids is 1. The second kappa shape index (κ2) is 3.90. The Hall–Kier alpha value is -1.72. The Bertz CT molecular complexity index is 499. The maximum Gasteiger partial charge on any atom is 0.416 e. The van der Waals surface area contributed by atoms with Gasteiger partial charge in [-0.1, -0.05) is 13.0 Å². The predicted molar refractivity (Wildman–Crippen MR) is 59.4 cm³/mol. The lowest BCUT2D eigenvalue weighted by atomic mass is 9.92. The molecule has 18 heavy (non-hydrogen) atoms. The van der Waals surface area contributed by atoms with Crippen LogP contribution in [-0.2, 0) is 17.4 Å². The molecule has 1 aliphatic rings. The average Bonchev–Trinajstić information content (AvgIpc) is 2.66. The highest BCUT2D eigenvalue weighted by molar-refractivity contribution is 5.86. The fraction of sp³-hybridized carbons (Fsp3) is 0.417. The van der Waals surface area contributed by atoms with E-state index in [0.29, 0.717) is 12.0 Å². The summed E-state index contributed by atoms with van der Waals surface area (Å²) < 4.78 is 37.6. The van der Waals surface area contributed by atoms with Gasteiger partial charge in [-0.3, -0.25) is 0 Å². The summed E-state index contributed by atoms with van der Waals surface area (Å²) in [5.74, 6) is -1.05. The first-order valence-electron chi connectivity index (χ1n) is 5.50. The molecule has 2 N–H and O–H groups in total. The molecule has 0 saturated heterocycles. The van der Waals surface area contributed by atoms with Crippen LogP contribution in [-0.4, -0.2) is 16.6 Å². The highest BCUT2D eigenvalue weighted by Crippen LogP contribution is 2.39. The lowest BCUT2D eigenvalue weighted by molar-refractivity contribution is -0.142. The van der Waals surface area contributed by atoms with E-state index >= 15 is 0 Å². The molecule has 1 atom stereocenters. The number of benzene rings is 1. The molecule has 0 aliphatic carbocycles. The summed E-state index contributed by atoms with van der Waals surface area (Å²) in [6.45, 7) is 1.69. The van der Waals surface area contributed by atoms with Crippen molar-refractivity contribution in [2.75, 3.05) is 5.32 Å². The molecule has 0 spiro atoms. The zero-order valence-corrected chi connectivity index (χ0v) is 9.64. The molecule has 1 aromatic rings. The summed E-state index contributed by atoms with van der Waals surface area (Å²) in [6.07, 6.45) is -3.91. The smallest absolute Gasteiger partial charge is 0.416 e. The molecule has 98 valence electrons. The number of fused-ring (bicyclic) bond motifs is 1. The van der Waals surface area contributed by atoms with Crippen molar-refractivity contribution in [3.63, 3.8) is 0 Å². The van der Waals surface area contributed by atoms with Crippen LogP contribution in [0.25, 0.3) is 0 Å². The Kier molecular flexibility index (Phi) is 2.76. The van der Waals surface area contributed by atoms with Gasteiger partial charge < -0.3 is 10.4 Å². The summed E-state index contributed by atoms with van der Waals surface area (Å²) in [4.78, 5) is 11.2. The number of halogens is 3. The number of rotatable bonds is 2. The van der Waals surface area contributed by atoms with Crippen LogP contribution in [0.4, 0.5) is 18.9 Å². The van der Waals surface area contributed by atoms with Gasteiger partial charge in [0.2, 0.25) is 0 Å². The molecule has 6 heteroatoms. The molecule has 0 bridgehead atoms. The van der Waals surface area contributed by atoms with Gasteiger partial charge in [0.05, 0.1) is 5.56 Å². The van der Waals surface area contributed by atoms with Crippen molar-refractivity contribution >= 4 is 11.7 Å². The summed E-state index contributed by atoms with van der Waals surface area (Å²) >= 11 is 0. The number of alkyl halides is 3. The Balaban J connectivity index is 2.39. The summed E-state index contributed by atoms with van der Waals surface area (Å²) in [5, 5.41) is 11.9. The van der Waals surface area contributed by atoms with Gasteiger partial charge >= 0.3 is 12.1 Å². The van der Waals surface area contributed by atoms with Crippen molar-refractivity contribution in [1.29, 1.82) is 0 Å². The number of carboxylic acid groups (broad SMARTS) is 1. The van der Waals surface area contributed by atoms with Crippen LogP contribution in [0.1, 0.15) is 24.5 Å². The minimum atomic E-state index is -4.42. The van der Waals surface area contributed by atoms with Gasteiger partial charge in [-0.15, -0.1) is 0 Å². The van der Waals surface area contributed by atoms with Gasteiger partial charge in [-0.25, -0.2) is 4.79 Å². The first-order valence-corrected chi connectivity index (χ1v) is 5.50. The van der Waals surface area contributed by atoms with Gasteiger partial charge in [0.15, 0.2) is 0 Å². The molecule has 1 unspecified atom stereocenters. The zero-order chi connectivity index (χ0) is 13.6. The summed E-state index contributed by atoms with van der Waals surface area (Å²) in [5.41, 5.74) is -1.10. The van der Waals surface area contributed by atoms with Crippen molar-refractivity contribution < 1.29 is 23.1 Å². The SMILES string of the molecule is CCC1(C(=O)O)Cc2ccc(C(F)(F)F)cc2N1. The third-order valence-electron chi connectivity index (χ3n) is 3.32. The van der Waals surface area contributed by atoms with E-state index < -0.39 is 23.2 Å². The quantitative estimate of drug-likeness (QED) is 0.858. The van der Waals surface area contributed by atoms with Gasteiger partial charge in [-0.2, -0.15) is 13.2 Å². The van der Waals surface area contributed by atoms with E-state index in [2.05, 4.69) is 5.32 Å². The molecule has 0 saturated carbocycles. The van der Waals surface area contributed by atoms with Crippen LogP contribution < -0.4 is 5.32 Å². The molecular weight excluding hydrogens is 247 g/mol. The monoisotopic (exact) mass is 259 g/mol. The first-order chi connectivity index (χ1) is 8.28. The number of hydrogen-bond donors (Lipinski definition) is 2. The number of hydrogen-bond acceptors (Lipinski definition) is 2. The molecule has 0 radical (unpaired) electrons. The van der Waals surface area contributed by atoms with Crippen LogP contribution in [0.3, 0.4) is 0 Å². The Labute approximate surface area is 102 Å². The zero-order valence-electron chi connectivity index (χ0n) is 9.64. The molecule has 0 fully saturated rings. The van der Waals surface area contributed by atoms with E-state index in [1.54, 1.807) is 6.92 Å². The lowest BCUT2D eigenvalue weighted by Gasteiger charge is -2.23. The fourth-order valence-electron chi connectivity index (χ4n) is 2.14. The van der Waals surface area contributed by atoms with Gasteiger partial charge in [-0.05, 0) is 24.1 Å². The third kappa shape index (κ3) is 1.91.